The minimum absolute atomic E-state index is 0.277. The Kier molecular flexibility index (Phi) is 3.25. The molecule has 22 heavy (non-hydrogen) atoms. The van der Waals surface area contributed by atoms with E-state index in [1.165, 1.54) is 22.3 Å². The van der Waals surface area contributed by atoms with Crippen LogP contribution in [-0.2, 0) is 4.79 Å². The van der Waals surface area contributed by atoms with Crippen molar-refractivity contribution < 1.29 is 9.90 Å². The second kappa shape index (κ2) is 5.28. The van der Waals surface area contributed by atoms with Crippen LogP contribution in [-0.4, -0.2) is 11.1 Å². The molecule has 112 valence electrons. The number of rotatable bonds is 4. The zero-order chi connectivity index (χ0) is 15.1. The lowest BCUT2D eigenvalue weighted by Gasteiger charge is -2.40. The molecule has 4 rings (SSSR count). The van der Waals surface area contributed by atoms with Gasteiger partial charge < -0.3 is 5.11 Å². The van der Waals surface area contributed by atoms with Crippen LogP contribution < -0.4 is 0 Å². The molecule has 2 nitrogen and oxygen atoms in total. The summed E-state index contributed by atoms with van der Waals surface area (Å²) in [6.07, 6.45) is 21.2. The maximum absolute atomic E-state index is 10.8. The van der Waals surface area contributed by atoms with E-state index in [-0.39, 0.29) is 6.42 Å². The van der Waals surface area contributed by atoms with Gasteiger partial charge in [-0.3, -0.25) is 4.79 Å². The Bertz CT molecular complexity index is 697. The van der Waals surface area contributed by atoms with Crippen LogP contribution in [0.1, 0.15) is 25.7 Å². The van der Waals surface area contributed by atoms with Crippen molar-refractivity contribution in [2.24, 2.45) is 17.8 Å². The van der Waals surface area contributed by atoms with Gasteiger partial charge in [0.15, 0.2) is 0 Å². The molecule has 0 aromatic heterocycles. The second-order valence-electron chi connectivity index (χ2n) is 6.55. The summed E-state index contributed by atoms with van der Waals surface area (Å²) in [6.45, 7) is 0. The van der Waals surface area contributed by atoms with E-state index in [0.717, 1.165) is 19.3 Å². The van der Waals surface area contributed by atoms with Crippen LogP contribution in [0.5, 0.6) is 0 Å². The largest absolute Gasteiger partial charge is 0.481 e. The summed E-state index contributed by atoms with van der Waals surface area (Å²) in [5.74, 6) is 0.745. The van der Waals surface area contributed by atoms with Crippen molar-refractivity contribution in [2.45, 2.75) is 25.7 Å². The first kappa shape index (κ1) is 13.6. The molecular formula is C20H20O2. The van der Waals surface area contributed by atoms with Gasteiger partial charge in [0, 0.05) is 18.3 Å². The monoisotopic (exact) mass is 292 g/mol. The Morgan fingerprint density at radius 1 is 1.23 bits per heavy atom. The summed E-state index contributed by atoms with van der Waals surface area (Å²) >= 11 is 0. The van der Waals surface area contributed by atoms with E-state index >= 15 is 0 Å². The Balaban J connectivity index is 1.66. The molecule has 0 amide bonds. The van der Waals surface area contributed by atoms with Crippen molar-refractivity contribution >= 4 is 5.97 Å². The van der Waals surface area contributed by atoms with Gasteiger partial charge in [-0.1, -0.05) is 48.6 Å². The van der Waals surface area contributed by atoms with Crippen LogP contribution in [0.3, 0.4) is 0 Å². The molecule has 0 aromatic carbocycles. The van der Waals surface area contributed by atoms with Gasteiger partial charge >= 0.3 is 5.97 Å². The van der Waals surface area contributed by atoms with Gasteiger partial charge in [0.25, 0.3) is 0 Å². The highest BCUT2D eigenvalue weighted by atomic mass is 16.4. The molecular weight excluding hydrogens is 272 g/mol. The molecule has 0 fully saturated rings. The zero-order valence-electron chi connectivity index (χ0n) is 12.5. The maximum atomic E-state index is 10.8. The van der Waals surface area contributed by atoms with E-state index in [1.807, 2.05) is 0 Å². The van der Waals surface area contributed by atoms with Gasteiger partial charge in [-0.25, -0.2) is 0 Å². The first-order chi connectivity index (χ1) is 10.7. The number of carboxylic acids is 1. The topological polar surface area (TPSA) is 37.3 Å². The average Bonchev–Trinajstić information content (AvgIpc) is 2.53. The fourth-order valence-corrected chi connectivity index (χ4v) is 4.23. The summed E-state index contributed by atoms with van der Waals surface area (Å²) in [6, 6.07) is 0. The van der Waals surface area contributed by atoms with Gasteiger partial charge in [0.05, 0.1) is 0 Å². The van der Waals surface area contributed by atoms with Crippen LogP contribution in [0.4, 0.5) is 0 Å². The molecule has 0 radical (unpaired) electrons. The molecule has 2 heteroatoms. The minimum atomic E-state index is -0.688. The van der Waals surface area contributed by atoms with Crippen LogP contribution in [0, 0.1) is 17.8 Å². The lowest BCUT2D eigenvalue weighted by molar-refractivity contribution is -0.137. The normalized spacial score (nSPS) is 30.8. The number of carboxylic acid groups (broad SMARTS) is 1. The van der Waals surface area contributed by atoms with Gasteiger partial charge in [-0.15, -0.1) is 0 Å². The maximum Gasteiger partial charge on any atom is 0.303 e. The van der Waals surface area contributed by atoms with E-state index < -0.39 is 5.97 Å². The molecule has 3 atom stereocenters. The van der Waals surface area contributed by atoms with E-state index in [2.05, 4.69) is 48.6 Å². The van der Waals surface area contributed by atoms with E-state index in [9.17, 15) is 4.79 Å². The molecule has 4 aliphatic carbocycles. The standard InChI is InChI=1S/C20H20O2/c21-18(22)6-2-3-13-7-8-16-10-9-14-4-1-5-15-11-12-17(13)20(16)19(14)15/h1,4-5,8-13,15,19H,2-3,6-7H2,(H,21,22). The van der Waals surface area contributed by atoms with Crippen molar-refractivity contribution in [3.05, 3.63) is 70.9 Å². The summed E-state index contributed by atoms with van der Waals surface area (Å²) in [4.78, 5) is 10.8. The van der Waals surface area contributed by atoms with E-state index in [1.54, 1.807) is 0 Å². The number of aliphatic carboxylic acids is 1. The van der Waals surface area contributed by atoms with E-state index in [4.69, 9.17) is 5.11 Å². The molecule has 0 spiro atoms. The third-order valence-corrected chi connectivity index (χ3v) is 5.26. The fraction of sp³-hybridized carbons (Fsp3) is 0.350. The number of hydrogen-bond acceptors (Lipinski definition) is 1. The minimum Gasteiger partial charge on any atom is -0.481 e. The first-order valence-corrected chi connectivity index (χ1v) is 8.15. The summed E-state index contributed by atoms with van der Waals surface area (Å²) in [5.41, 5.74) is 5.75. The Labute approximate surface area is 130 Å². The van der Waals surface area contributed by atoms with Gasteiger partial charge in [-0.2, -0.15) is 0 Å². The molecule has 0 bridgehead atoms. The predicted octanol–water partition coefficient (Wildman–Crippen LogP) is 4.35. The molecule has 1 N–H and O–H groups in total. The third-order valence-electron chi connectivity index (χ3n) is 5.26. The molecule has 0 heterocycles. The quantitative estimate of drug-likeness (QED) is 0.836. The average molecular weight is 292 g/mol. The highest BCUT2D eigenvalue weighted by molar-refractivity contribution is 5.66. The van der Waals surface area contributed by atoms with Gasteiger partial charge in [0.2, 0.25) is 0 Å². The Hall–Kier alpha value is -2.09. The lowest BCUT2D eigenvalue weighted by atomic mass is 9.63. The first-order valence-electron chi connectivity index (χ1n) is 8.15. The third kappa shape index (κ3) is 2.14. The van der Waals surface area contributed by atoms with Gasteiger partial charge in [-0.05, 0) is 47.5 Å². The van der Waals surface area contributed by atoms with Crippen molar-refractivity contribution in [1.29, 1.82) is 0 Å². The van der Waals surface area contributed by atoms with Crippen LogP contribution in [0.2, 0.25) is 0 Å². The molecule has 0 saturated heterocycles. The summed E-state index contributed by atoms with van der Waals surface area (Å²) in [5, 5.41) is 8.85. The number of carbonyl (C=O) groups is 1. The summed E-state index contributed by atoms with van der Waals surface area (Å²) in [7, 11) is 0. The van der Waals surface area contributed by atoms with Crippen molar-refractivity contribution in [3.63, 3.8) is 0 Å². The predicted molar refractivity (Wildman–Crippen MR) is 87.2 cm³/mol. The second-order valence-corrected chi connectivity index (χ2v) is 6.55. The van der Waals surface area contributed by atoms with Crippen molar-refractivity contribution in [1.82, 2.24) is 0 Å². The molecule has 0 aromatic rings. The molecule has 3 unspecified atom stereocenters. The fourth-order valence-electron chi connectivity index (χ4n) is 4.23. The SMILES string of the molecule is O=C(O)CCCC1CC=C2C=CC3=CC=CC4C=CC1=C2C34. The molecule has 4 aliphatic rings. The molecule has 0 saturated carbocycles. The van der Waals surface area contributed by atoms with Crippen LogP contribution in [0.15, 0.2) is 70.9 Å². The Morgan fingerprint density at radius 3 is 3.00 bits per heavy atom. The van der Waals surface area contributed by atoms with Crippen molar-refractivity contribution in [3.8, 4) is 0 Å². The molecule has 0 aliphatic heterocycles. The highest BCUT2D eigenvalue weighted by Gasteiger charge is 2.37. The number of allylic oxidation sites excluding steroid dienone is 12. The van der Waals surface area contributed by atoms with Crippen LogP contribution in [0.25, 0.3) is 0 Å². The van der Waals surface area contributed by atoms with E-state index in [0.29, 0.717) is 17.8 Å². The zero-order valence-corrected chi connectivity index (χ0v) is 12.5. The smallest absolute Gasteiger partial charge is 0.303 e. The lowest BCUT2D eigenvalue weighted by Crippen LogP contribution is -2.28. The summed E-state index contributed by atoms with van der Waals surface area (Å²) < 4.78 is 0. The van der Waals surface area contributed by atoms with Crippen LogP contribution >= 0.6 is 0 Å². The van der Waals surface area contributed by atoms with Gasteiger partial charge in [0.1, 0.15) is 0 Å². The number of hydrogen-bond donors (Lipinski definition) is 1. The highest BCUT2D eigenvalue weighted by Crippen LogP contribution is 2.49. The van der Waals surface area contributed by atoms with Crippen molar-refractivity contribution in [2.75, 3.05) is 0 Å². The Morgan fingerprint density at radius 2 is 2.14 bits per heavy atom.